The molecule has 2 rings (SSSR count). The fourth-order valence-corrected chi connectivity index (χ4v) is 2.56. The highest BCUT2D eigenvalue weighted by atomic mass is 16.6. The summed E-state index contributed by atoms with van der Waals surface area (Å²) in [4.78, 5) is 12.4. The van der Waals surface area contributed by atoms with Gasteiger partial charge >= 0.3 is 5.97 Å². The van der Waals surface area contributed by atoms with Gasteiger partial charge in [0.2, 0.25) is 0 Å². The molecule has 3 nitrogen and oxygen atoms in total. The van der Waals surface area contributed by atoms with Gasteiger partial charge in [0, 0.05) is 11.3 Å². The molecule has 0 unspecified atom stereocenters. The van der Waals surface area contributed by atoms with Crippen LogP contribution in [-0.4, -0.2) is 11.6 Å². The summed E-state index contributed by atoms with van der Waals surface area (Å²) in [7, 11) is 0. The predicted octanol–water partition coefficient (Wildman–Crippen LogP) is 4.85. The number of ether oxygens (including phenoxy) is 1. The van der Waals surface area contributed by atoms with E-state index in [4.69, 9.17) is 10.5 Å². The second-order valence-electron chi connectivity index (χ2n) is 7.85. The van der Waals surface area contributed by atoms with Gasteiger partial charge in [-0.1, -0.05) is 42.5 Å². The number of hydrogen-bond acceptors (Lipinski definition) is 3. The molecule has 2 aromatic carbocycles. The van der Waals surface area contributed by atoms with E-state index in [1.807, 2.05) is 83.1 Å². The molecule has 0 aliphatic rings. The lowest BCUT2D eigenvalue weighted by molar-refractivity contribution is -0.165. The number of carbonyl (C=O) groups excluding carboxylic acids is 1. The van der Waals surface area contributed by atoms with Gasteiger partial charge in [-0.25, -0.2) is 0 Å². The van der Waals surface area contributed by atoms with Crippen molar-refractivity contribution < 1.29 is 9.53 Å². The molecule has 0 heterocycles. The van der Waals surface area contributed by atoms with E-state index in [-0.39, 0.29) is 5.97 Å². The Bertz CT molecular complexity index is 709. The molecule has 2 aromatic rings. The summed E-state index contributed by atoms with van der Waals surface area (Å²) in [6, 6.07) is 16.0. The van der Waals surface area contributed by atoms with Gasteiger partial charge in [-0.05, 0) is 58.2 Å². The second-order valence-corrected chi connectivity index (χ2v) is 7.85. The maximum atomic E-state index is 12.4. The fraction of sp³-hybridized carbons (Fsp3) is 0.381. The van der Waals surface area contributed by atoms with Crippen LogP contribution in [0.5, 0.6) is 0 Å². The Hall–Kier alpha value is -2.29. The number of hydrogen-bond donors (Lipinski definition) is 1. The summed E-state index contributed by atoms with van der Waals surface area (Å²) in [5.41, 5.74) is 8.96. The minimum absolute atomic E-state index is 0.175. The molecule has 0 saturated carbocycles. The molecule has 0 fully saturated rings. The van der Waals surface area contributed by atoms with Gasteiger partial charge < -0.3 is 10.5 Å². The van der Waals surface area contributed by atoms with Crippen molar-refractivity contribution in [3.8, 4) is 11.1 Å². The minimum atomic E-state index is -0.569. The van der Waals surface area contributed by atoms with Crippen LogP contribution in [-0.2, 0) is 16.0 Å². The highest BCUT2D eigenvalue weighted by Crippen LogP contribution is 2.29. The summed E-state index contributed by atoms with van der Waals surface area (Å²) in [6.45, 7) is 9.51. The van der Waals surface area contributed by atoms with Crippen molar-refractivity contribution in [2.45, 2.75) is 46.6 Å². The monoisotopic (exact) mass is 325 g/mol. The van der Waals surface area contributed by atoms with Gasteiger partial charge in [-0.2, -0.15) is 0 Å². The Kier molecular flexibility index (Phi) is 5.02. The summed E-state index contributed by atoms with van der Waals surface area (Å²) >= 11 is 0. The Morgan fingerprint density at radius 1 is 0.958 bits per heavy atom. The first kappa shape index (κ1) is 18.1. The van der Waals surface area contributed by atoms with Crippen LogP contribution in [0, 0.1) is 5.41 Å². The van der Waals surface area contributed by atoms with Crippen LogP contribution in [0.15, 0.2) is 48.5 Å². The van der Waals surface area contributed by atoms with Crippen molar-refractivity contribution >= 4 is 11.7 Å². The molecule has 0 aliphatic carbocycles. The molecule has 128 valence electrons. The van der Waals surface area contributed by atoms with Crippen LogP contribution in [0.1, 0.15) is 40.2 Å². The number of carbonyl (C=O) groups is 1. The van der Waals surface area contributed by atoms with E-state index in [9.17, 15) is 4.79 Å². The van der Waals surface area contributed by atoms with E-state index in [1.165, 1.54) is 0 Å². The molecule has 0 aromatic heterocycles. The topological polar surface area (TPSA) is 52.3 Å². The number of nitrogens with two attached hydrogens (primary N) is 1. The molecule has 0 spiro atoms. The van der Waals surface area contributed by atoms with Crippen molar-refractivity contribution in [1.29, 1.82) is 0 Å². The van der Waals surface area contributed by atoms with Gasteiger partial charge in [0.1, 0.15) is 5.60 Å². The van der Waals surface area contributed by atoms with E-state index in [2.05, 4.69) is 0 Å². The third-order valence-corrected chi connectivity index (χ3v) is 3.82. The van der Waals surface area contributed by atoms with Crippen LogP contribution in [0.25, 0.3) is 11.1 Å². The van der Waals surface area contributed by atoms with Gasteiger partial charge in [0.05, 0.1) is 5.41 Å². The molecule has 0 aliphatic heterocycles. The number of esters is 1. The Balaban J connectivity index is 2.14. The van der Waals surface area contributed by atoms with E-state index >= 15 is 0 Å². The van der Waals surface area contributed by atoms with Gasteiger partial charge in [0.15, 0.2) is 0 Å². The maximum Gasteiger partial charge on any atom is 0.312 e. The van der Waals surface area contributed by atoms with Crippen LogP contribution < -0.4 is 5.73 Å². The molecule has 0 atom stereocenters. The first-order valence-electron chi connectivity index (χ1n) is 8.26. The van der Waals surface area contributed by atoms with Crippen molar-refractivity contribution in [2.24, 2.45) is 5.41 Å². The lowest BCUT2D eigenvalue weighted by Crippen LogP contribution is -2.35. The molecule has 2 N–H and O–H groups in total. The third-order valence-electron chi connectivity index (χ3n) is 3.82. The van der Waals surface area contributed by atoms with E-state index in [0.29, 0.717) is 6.42 Å². The molecule has 0 amide bonds. The number of rotatable bonds is 4. The van der Waals surface area contributed by atoms with Crippen LogP contribution >= 0.6 is 0 Å². The van der Waals surface area contributed by atoms with Gasteiger partial charge in [0.25, 0.3) is 0 Å². The zero-order chi connectivity index (χ0) is 18.0. The summed E-state index contributed by atoms with van der Waals surface area (Å²) < 4.78 is 5.53. The Morgan fingerprint density at radius 2 is 1.54 bits per heavy atom. The number of anilines is 1. The molecule has 0 radical (unpaired) electrons. The molecule has 3 heteroatoms. The van der Waals surface area contributed by atoms with Crippen molar-refractivity contribution in [3.63, 3.8) is 0 Å². The standard InChI is InChI=1S/C21H27NO2/c1-20(2,3)24-19(23)21(4,5)14-15-10-12-16(13-11-15)17-8-6-7-9-18(17)22/h6-13H,14,22H2,1-5H3. The number of benzene rings is 2. The number of nitrogen functional groups attached to an aromatic ring is 1. The molecule has 0 bridgehead atoms. The van der Waals surface area contributed by atoms with Crippen LogP contribution in [0.3, 0.4) is 0 Å². The average Bonchev–Trinajstić information content (AvgIpc) is 2.46. The van der Waals surface area contributed by atoms with E-state index < -0.39 is 11.0 Å². The normalized spacial score (nSPS) is 12.0. The zero-order valence-corrected chi connectivity index (χ0v) is 15.2. The van der Waals surface area contributed by atoms with Crippen LogP contribution in [0.4, 0.5) is 5.69 Å². The van der Waals surface area contributed by atoms with Gasteiger partial charge in [-0.15, -0.1) is 0 Å². The van der Waals surface area contributed by atoms with Crippen molar-refractivity contribution in [2.75, 3.05) is 5.73 Å². The summed E-state index contributed by atoms with van der Waals surface area (Å²) in [5, 5.41) is 0. The highest BCUT2D eigenvalue weighted by molar-refractivity contribution is 5.77. The third kappa shape index (κ3) is 4.60. The number of para-hydroxylation sites is 1. The zero-order valence-electron chi connectivity index (χ0n) is 15.2. The van der Waals surface area contributed by atoms with E-state index in [0.717, 1.165) is 22.4 Å². The molecular formula is C21H27NO2. The summed E-state index contributed by atoms with van der Waals surface area (Å²) in [6.07, 6.45) is 0.631. The van der Waals surface area contributed by atoms with E-state index in [1.54, 1.807) is 0 Å². The van der Waals surface area contributed by atoms with Crippen molar-refractivity contribution in [3.05, 3.63) is 54.1 Å². The highest BCUT2D eigenvalue weighted by Gasteiger charge is 2.32. The van der Waals surface area contributed by atoms with Crippen molar-refractivity contribution in [1.82, 2.24) is 0 Å². The van der Waals surface area contributed by atoms with Crippen LogP contribution in [0.2, 0.25) is 0 Å². The summed E-state index contributed by atoms with van der Waals surface area (Å²) in [5.74, 6) is -0.175. The smallest absolute Gasteiger partial charge is 0.312 e. The Labute approximate surface area is 144 Å². The average molecular weight is 325 g/mol. The largest absolute Gasteiger partial charge is 0.460 e. The Morgan fingerprint density at radius 3 is 2.08 bits per heavy atom. The fourth-order valence-electron chi connectivity index (χ4n) is 2.56. The second kappa shape index (κ2) is 6.68. The van der Waals surface area contributed by atoms with Gasteiger partial charge in [-0.3, -0.25) is 4.79 Å². The minimum Gasteiger partial charge on any atom is -0.460 e. The first-order valence-corrected chi connectivity index (χ1v) is 8.26. The quantitative estimate of drug-likeness (QED) is 0.646. The first-order chi connectivity index (χ1) is 11.1. The molecule has 0 saturated heterocycles. The maximum absolute atomic E-state index is 12.4. The SMILES string of the molecule is CC(C)(C)OC(=O)C(C)(C)Cc1ccc(-c2ccccc2N)cc1. The predicted molar refractivity (Wildman–Crippen MR) is 99.6 cm³/mol. The molecular weight excluding hydrogens is 298 g/mol. The lowest BCUT2D eigenvalue weighted by Gasteiger charge is -2.28. The lowest BCUT2D eigenvalue weighted by atomic mass is 9.85. The molecule has 24 heavy (non-hydrogen) atoms.